The van der Waals surface area contributed by atoms with Crippen LogP contribution in [0.3, 0.4) is 0 Å². The van der Waals surface area contributed by atoms with E-state index >= 15 is 0 Å². The fourth-order valence-corrected chi connectivity index (χ4v) is 3.73. The van der Waals surface area contributed by atoms with Crippen molar-refractivity contribution in [3.8, 4) is 0 Å². The van der Waals surface area contributed by atoms with Crippen molar-refractivity contribution < 1.29 is 9.59 Å². The first-order valence-corrected chi connectivity index (χ1v) is 6.83. The van der Waals surface area contributed by atoms with Crippen molar-refractivity contribution in [1.29, 1.82) is 0 Å². The summed E-state index contributed by atoms with van der Waals surface area (Å²) in [6, 6.07) is 0. The van der Waals surface area contributed by atoms with Crippen LogP contribution in [0.15, 0.2) is 0 Å². The van der Waals surface area contributed by atoms with Crippen LogP contribution in [0.2, 0.25) is 0 Å². The molecule has 94 valence electrons. The average Bonchev–Trinajstić information content (AvgIpc) is 2.90. The lowest BCUT2D eigenvalue weighted by molar-refractivity contribution is -0.143. The quantitative estimate of drug-likeness (QED) is 0.544. The van der Waals surface area contributed by atoms with Crippen molar-refractivity contribution >= 4 is 11.8 Å². The molecule has 1 saturated carbocycles. The molecule has 3 fully saturated rings. The van der Waals surface area contributed by atoms with Gasteiger partial charge in [0.1, 0.15) is 5.41 Å². The number of nitrogens with zero attached hydrogens (tertiary/aromatic N) is 2. The summed E-state index contributed by atoms with van der Waals surface area (Å²) in [7, 11) is 0. The maximum absolute atomic E-state index is 12.5. The van der Waals surface area contributed by atoms with E-state index in [9.17, 15) is 9.59 Å². The molecule has 2 heterocycles. The normalized spacial score (nSPS) is 28.8. The minimum absolute atomic E-state index is 0.0643. The molecule has 0 aromatic rings. The molecule has 0 N–H and O–H groups in total. The van der Waals surface area contributed by atoms with Gasteiger partial charge in [-0.15, -0.1) is 0 Å². The van der Waals surface area contributed by atoms with E-state index in [1.165, 1.54) is 6.42 Å². The number of hydrogen-bond donors (Lipinski definition) is 0. The largest absolute Gasteiger partial charge is 0.272 e. The first-order valence-electron chi connectivity index (χ1n) is 6.83. The van der Waals surface area contributed by atoms with Gasteiger partial charge in [-0.1, -0.05) is 20.3 Å². The van der Waals surface area contributed by atoms with E-state index in [0.29, 0.717) is 12.8 Å². The summed E-state index contributed by atoms with van der Waals surface area (Å²) in [4.78, 5) is 25.0. The minimum atomic E-state index is -0.733. The van der Waals surface area contributed by atoms with Gasteiger partial charge in [0.15, 0.2) is 5.66 Å². The molecular formula is C13H20N2O2. The molecule has 0 radical (unpaired) electrons. The van der Waals surface area contributed by atoms with Gasteiger partial charge >= 0.3 is 0 Å². The fourth-order valence-electron chi connectivity index (χ4n) is 3.73. The third-order valence-corrected chi connectivity index (χ3v) is 5.01. The van der Waals surface area contributed by atoms with E-state index < -0.39 is 5.41 Å². The lowest BCUT2D eigenvalue weighted by Gasteiger charge is -2.28. The number of carbonyl (C=O) groups excluding carboxylic acids is 2. The van der Waals surface area contributed by atoms with Crippen molar-refractivity contribution in [2.24, 2.45) is 5.41 Å². The van der Waals surface area contributed by atoms with Crippen LogP contribution in [-0.4, -0.2) is 27.5 Å². The van der Waals surface area contributed by atoms with E-state index in [4.69, 9.17) is 0 Å². The zero-order valence-corrected chi connectivity index (χ0v) is 10.7. The van der Waals surface area contributed by atoms with Crippen molar-refractivity contribution in [3.05, 3.63) is 0 Å². The molecule has 4 nitrogen and oxygen atoms in total. The van der Waals surface area contributed by atoms with E-state index in [-0.39, 0.29) is 17.5 Å². The molecule has 3 aliphatic rings. The molecule has 0 bridgehead atoms. The molecule has 0 unspecified atom stereocenters. The highest BCUT2D eigenvalue weighted by Crippen LogP contribution is 2.59. The molecular weight excluding hydrogens is 216 g/mol. The van der Waals surface area contributed by atoms with Gasteiger partial charge in [-0.3, -0.25) is 9.59 Å². The number of carbonyl (C=O) groups is 2. The SMILES string of the molecule is CCC1(CC)C(=O)N2N(C1=O)C21CCCCC1. The number of hydrazine groups is 1. The Hall–Kier alpha value is -1.06. The smallest absolute Gasteiger partial charge is 0.259 e. The molecule has 3 rings (SSSR count). The topological polar surface area (TPSA) is 40.2 Å². The molecule has 1 aliphatic carbocycles. The van der Waals surface area contributed by atoms with Crippen LogP contribution in [0.5, 0.6) is 0 Å². The van der Waals surface area contributed by atoms with Gasteiger partial charge in [-0.25, -0.2) is 10.0 Å². The highest BCUT2D eigenvalue weighted by Gasteiger charge is 2.76. The Morgan fingerprint density at radius 2 is 1.41 bits per heavy atom. The number of amides is 2. The Balaban J connectivity index is 1.91. The molecule has 0 aromatic carbocycles. The first-order chi connectivity index (χ1) is 8.14. The molecule has 2 aliphatic heterocycles. The van der Waals surface area contributed by atoms with Gasteiger partial charge in [0.05, 0.1) is 0 Å². The van der Waals surface area contributed by atoms with Gasteiger partial charge in [-0.05, 0) is 38.5 Å². The average molecular weight is 236 g/mol. The molecule has 0 atom stereocenters. The zero-order valence-electron chi connectivity index (χ0n) is 10.7. The van der Waals surface area contributed by atoms with Crippen molar-refractivity contribution in [2.45, 2.75) is 64.5 Å². The molecule has 2 amide bonds. The number of hydrogen-bond acceptors (Lipinski definition) is 2. The lowest BCUT2D eigenvalue weighted by Crippen LogP contribution is -2.44. The van der Waals surface area contributed by atoms with E-state index in [1.807, 2.05) is 13.8 Å². The minimum Gasteiger partial charge on any atom is -0.272 e. The van der Waals surface area contributed by atoms with E-state index in [2.05, 4.69) is 0 Å². The summed E-state index contributed by atoms with van der Waals surface area (Å²) in [5, 5.41) is 3.56. The predicted molar refractivity (Wildman–Crippen MR) is 62.5 cm³/mol. The number of rotatable bonds is 2. The summed E-state index contributed by atoms with van der Waals surface area (Å²) >= 11 is 0. The van der Waals surface area contributed by atoms with E-state index in [0.717, 1.165) is 25.7 Å². The van der Waals surface area contributed by atoms with Crippen LogP contribution in [-0.2, 0) is 9.59 Å². The van der Waals surface area contributed by atoms with Crippen LogP contribution in [0.1, 0.15) is 58.8 Å². The first kappa shape index (κ1) is 11.1. The highest BCUT2D eigenvalue weighted by molar-refractivity contribution is 6.13. The van der Waals surface area contributed by atoms with Crippen LogP contribution in [0.4, 0.5) is 0 Å². The Kier molecular flexibility index (Phi) is 2.11. The molecule has 1 spiro atoms. The Morgan fingerprint density at radius 3 is 1.82 bits per heavy atom. The van der Waals surface area contributed by atoms with Crippen molar-refractivity contribution in [1.82, 2.24) is 10.0 Å². The summed E-state index contributed by atoms with van der Waals surface area (Å²) in [6.07, 6.45) is 6.73. The van der Waals surface area contributed by atoms with Gasteiger partial charge in [0.2, 0.25) is 0 Å². The van der Waals surface area contributed by atoms with Crippen LogP contribution in [0, 0.1) is 5.41 Å². The Labute approximate surface area is 102 Å². The van der Waals surface area contributed by atoms with E-state index in [1.54, 1.807) is 10.0 Å². The van der Waals surface area contributed by atoms with Gasteiger partial charge in [-0.2, -0.15) is 0 Å². The number of fused-ring (bicyclic) bond motifs is 3. The van der Waals surface area contributed by atoms with Gasteiger partial charge in [0, 0.05) is 0 Å². The van der Waals surface area contributed by atoms with Crippen molar-refractivity contribution in [3.63, 3.8) is 0 Å². The standard InChI is InChI=1S/C13H20N2O2/c1-3-12(4-2)10(16)14-13(15(14)11(12)17)8-6-5-7-9-13/h3-9H2,1-2H3. The lowest BCUT2D eigenvalue weighted by atomic mass is 9.78. The Bertz CT molecular complexity index is 355. The summed E-state index contributed by atoms with van der Waals surface area (Å²) in [6.45, 7) is 3.89. The summed E-state index contributed by atoms with van der Waals surface area (Å²) in [5.41, 5.74) is -0.928. The highest BCUT2D eigenvalue weighted by atomic mass is 16.2. The monoisotopic (exact) mass is 236 g/mol. The van der Waals surface area contributed by atoms with Gasteiger partial charge < -0.3 is 0 Å². The fraction of sp³-hybridized carbons (Fsp3) is 0.846. The summed E-state index contributed by atoms with van der Waals surface area (Å²) in [5.74, 6) is 0.129. The summed E-state index contributed by atoms with van der Waals surface area (Å²) < 4.78 is 0. The third kappa shape index (κ3) is 1.04. The molecule has 4 heteroatoms. The third-order valence-electron chi connectivity index (χ3n) is 5.01. The second kappa shape index (κ2) is 3.24. The molecule has 17 heavy (non-hydrogen) atoms. The second-order valence-electron chi connectivity index (χ2n) is 5.57. The Morgan fingerprint density at radius 1 is 0.941 bits per heavy atom. The second-order valence-corrected chi connectivity index (χ2v) is 5.57. The van der Waals surface area contributed by atoms with Gasteiger partial charge in [0.25, 0.3) is 11.8 Å². The zero-order chi connectivity index (χ0) is 12.3. The van der Waals surface area contributed by atoms with Crippen LogP contribution >= 0.6 is 0 Å². The van der Waals surface area contributed by atoms with Crippen LogP contribution in [0.25, 0.3) is 0 Å². The molecule has 2 saturated heterocycles. The van der Waals surface area contributed by atoms with Crippen molar-refractivity contribution in [2.75, 3.05) is 0 Å². The maximum atomic E-state index is 12.5. The maximum Gasteiger partial charge on any atom is 0.259 e. The molecule has 0 aromatic heterocycles. The predicted octanol–water partition coefficient (Wildman–Crippen LogP) is 2.05. The van der Waals surface area contributed by atoms with Crippen LogP contribution < -0.4 is 0 Å².